The highest BCUT2D eigenvalue weighted by atomic mass is 16.5. The van der Waals surface area contributed by atoms with Crippen LogP contribution in [-0.4, -0.2) is 31.7 Å². The second kappa shape index (κ2) is 7.84. The van der Waals surface area contributed by atoms with E-state index in [4.69, 9.17) is 10.5 Å². The normalized spacial score (nSPS) is 12.2. The molecule has 0 radical (unpaired) electrons. The predicted molar refractivity (Wildman–Crippen MR) is 72.6 cm³/mol. The number of hydrogen-bond acceptors (Lipinski definition) is 3. The molecule has 18 heavy (non-hydrogen) atoms. The number of ether oxygens (including phenoxy) is 1. The number of nitrogens with one attached hydrogen (secondary N) is 1. The van der Waals surface area contributed by atoms with Crippen molar-refractivity contribution in [3.63, 3.8) is 0 Å². The summed E-state index contributed by atoms with van der Waals surface area (Å²) in [5.74, 6) is -0.0684. The summed E-state index contributed by atoms with van der Waals surface area (Å²) in [4.78, 5) is 12.0. The Labute approximate surface area is 109 Å². The summed E-state index contributed by atoms with van der Waals surface area (Å²) in [5, 5.41) is 2.91. The van der Waals surface area contributed by atoms with Crippen LogP contribution in [0.1, 0.15) is 29.8 Å². The topological polar surface area (TPSA) is 64.3 Å². The van der Waals surface area contributed by atoms with Crippen LogP contribution in [0.2, 0.25) is 0 Å². The zero-order valence-corrected chi connectivity index (χ0v) is 11.1. The summed E-state index contributed by atoms with van der Waals surface area (Å²) in [7, 11) is 0. The lowest BCUT2D eigenvalue weighted by atomic mass is 10.1. The molecular weight excluding hydrogens is 228 g/mol. The quantitative estimate of drug-likeness (QED) is 0.767. The van der Waals surface area contributed by atoms with Gasteiger partial charge in [0.15, 0.2) is 0 Å². The highest BCUT2D eigenvalue weighted by molar-refractivity contribution is 5.94. The lowest BCUT2D eigenvalue weighted by molar-refractivity contribution is 0.0872. The molecule has 4 heteroatoms. The monoisotopic (exact) mass is 250 g/mol. The molecule has 0 spiro atoms. The van der Waals surface area contributed by atoms with Gasteiger partial charge in [-0.25, -0.2) is 0 Å². The maximum atomic E-state index is 12.0. The molecule has 1 amide bonds. The first-order valence-electron chi connectivity index (χ1n) is 6.35. The number of carbonyl (C=O) groups is 1. The molecule has 0 saturated carbocycles. The molecule has 0 aliphatic carbocycles. The van der Waals surface area contributed by atoms with Crippen molar-refractivity contribution in [1.29, 1.82) is 0 Å². The van der Waals surface area contributed by atoms with Gasteiger partial charge in [0.1, 0.15) is 0 Å². The van der Waals surface area contributed by atoms with Crippen LogP contribution in [0.3, 0.4) is 0 Å². The molecule has 0 aliphatic rings. The summed E-state index contributed by atoms with van der Waals surface area (Å²) in [6.07, 6.45) is 0.787. The summed E-state index contributed by atoms with van der Waals surface area (Å²) in [6, 6.07) is 7.56. The van der Waals surface area contributed by atoms with E-state index in [2.05, 4.69) is 5.32 Å². The Kier molecular flexibility index (Phi) is 6.39. The van der Waals surface area contributed by atoms with E-state index in [-0.39, 0.29) is 11.9 Å². The summed E-state index contributed by atoms with van der Waals surface area (Å²) in [6.45, 7) is 5.64. The Balaban J connectivity index is 2.57. The van der Waals surface area contributed by atoms with E-state index < -0.39 is 0 Å². The van der Waals surface area contributed by atoms with Gasteiger partial charge in [-0.3, -0.25) is 4.79 Å². The first-order chi connectivity index (χ1) is 8.67. The van der Waals surface area contributed by atoms with Gasteiger partial charge in [-0.05, 0) is 44.5 Å². The number of amides is 1. The van der Waals surface area contributed by atoms with Crippen molar-refractivity contribution in [2.45, 2.75) is 26.3 Å². The molecule has 100 valence electrons. The Morgan fingerprint density at radius 3 is 2.94 bits per heavy atom. The molecule has 0 aromatic heterocycles. The van der Waals surface area contributed by atoms with Crippen LogP contribution in [0.25, 0.3) is 0 Å². The number of hydrogen-bond donors (Lipinski definition) is 2. The van der Waals surface area contributed by atoms with Crippen molar-refractivity contribution < 1.29 is 9.53 Å². The third-order valence-electron chi connectivity index (χ3n) is 2.57. The van der Waals surface area contributed by atoms with Crippen LogP contribution >= 0.6 is 0 Å². The Hall–Kier alpha value is -1.39. The number of nitrogens with two attached hydrogens (primary N) is 1. The van der Waals surface area contributed by atoms with Crippen molar-refractivity contribution in [3.05, 3.63) is 35.4 Å². The van der Waals surface area contributed by atoms with Crippen LogP contribution < -0.4 is 11.1 Å². The van der Waals surface area contributed by atoms with Crippen LogP contribution in [0.15, 0.2) is 24.3 Å². The maximum Gasteiger partial charge on any atom is 0.251 e. The van der Waals surface area contributed by atoms with Crippen molar-refractivity contribution in [2.75, 3.05) is 19.8 Å². The smallest absolute Gasteiger partial charge is 0.251 e. The molecule has 1 unspecified atom stereocenters. The summed E-state index contributed by atoms with van der Waals surface area (Å²) in [5.41, 5.74) is 7.26. The lowest BCUT2D eigenvalue weighted by Crippen LogP contribution is -2.35. The van der Waals surface area contributed by atoms with Gasteiger partial charge >= 0.3 is 0 Å². The molecule has 4 nitrogen and oxygen atoms in total. The van der Waals surface area contributed by atoms with E-state index in [1.165, 1.54) is 0 Å². The van der Waals surface area contributed by atoms with Gasteiger partial charge in [0.05, 0.1) is 6.61 Å². The molecule has 1 aromatic carbocycles. The molecule has 0 fully saturated rings. The van der Waals surface area contributed by atoms with Gasteiger partial charge in [0.25, 0.3) is 5.91 Å². The average molecular weight is 250 g/mol. The number of benzene rings is 1. The molecule has 0 heterocycles. The van der Waals surface area contributed by atoms with Gasteiger partial charge in [-0.1, -0.05) is 12.1 Å². The predicted octanol–water partition coefficient (Wildman–Crippen LogP) is 1.34. The summed E-state index contributed by atoms with van der Waals surface area (Å²) >= 11 is 0. The van der Waals surface area contributed by atoms with E-state index in [1.807, 2.05) is 38.1 Å². The van der Waals surface area contributed by atoms with Crippen molar-refractivity contribution in [1.82, 2.24) is 5.32 Å². The fourth-order valence-corrected chi connectivity index (χ4v) is 1.68. The number of rotatable bonds is 7. The molecule has 1 rings (SSSR count). The molecule has 0 saturated heterocycles. The molecule has 0 aliphatic heterocycles. The first kappa shape index (κ1) is 14.7. The highest BCUT2D eigenvalue weighted by Crippen LogP contribution is 2.06. The van der Waals surface area contributed by atoms with E-state index >= 15 is 0 Å². The minimum atomic E-state index is -0.0684. The second-order valence-electron chi connectivity index (χ2n) is 4.27. The van der Waals surface area contributed by atoms with Gasteiger partial charge in [0, 0.05) is 18.2 Å². The first-order valence-corrected chi connectivity index (χ1v) is 6.35. The third kappa shape index (κ3) is 4.85. The fourth-order valence-electron chi connectivity index (χ4n) is 1.68. The minimum Gasteiger partial charge on any atom is -0.380 e. The van der Waals surface area contributed by atoms with Crippen molar-refractivity contribution in [3.8, 4) is 0 Å². The minimum absolute atomic E-state index is 0.00983. The molecular formula is C14H22N2O2. The van der Waals surface area contributed by atoms with Gasteiger partial charge < -0.3 is 15.8 Å². The van der Waals surface area contributed by atoms with Crippen molar-refractivity contribution >= 4 is 5.91 Å². The van der Waals surface area contributed by atoms with Gasteiger partial charge in [0.2, 0.25) is 0 Å². The maximum absolute atomic E-state index is 12.0. The molecule has 3 N–H and O–H groups in total. The van der Waals surface area contributed by atoms with E-state index in [1.54, 1.807) is 0 Å². The molecule has 1 aromatic rings. The van der Waals surface area contributed by atoms with Crippen LogP contribution in [0.4, 0.5) is 0 Å². The van der Waals surface area contributed by atoms with Crippen LogP contribution in [0.5, 0.6) is 0 Å². The van der Waals surface area contributed by atoms with Gasteiger partial charge in [-0.2, -0.15) is 0 Å². The van der Waals surface area contributed by atoms with E-state index in [9.17, 15) is 4.79 Å². The standard InChI is InChI=1S/C14H22N2O2/c1-3-18-10-11(2)16-14(17)13-6-4-5-12(9-13)7-8-15/h4-6,9,11H,3,7-8,10,15H2,1-2H3,(H,16,17). The Morgan fingerprint density at radius 2 is 2.28 bits per heavy atom. The molecule has 1 atom stereocenters. The fraction of sp³-hybridized carbons (Fsp3) is 0.500. The SMILES string of the molecule is CCOCC(C)NC(=O)c1cccc(CCN)c1. The number of carbonyl (C=O) groups excluding carboxylic acids is 1. The molecule has 0 bridgehead atoms. The van der Waals surface area contributed by atoms with Crippen molar-refractivity contribution in [2.24, 2.45) is 5.73 Å². The Morgan fingerprint density at radius 1 is 1.50 bits per heavy atom. The largest absolute Gasteiger partial charge is 0.380 e. The van der Waals surface area contributed by atoms with Gasteiger partial charge in [-0.15, -0.1) is 0 Å². The highest BCUT2D eigenvalue weighted by Gasteiger charge is 2.09. The van der Waals surface area contributed by atoms with E-state index in [0.29, 0.717) is 25.3 Å². The average Bonchev–Trinajstić information content (AvgIpc) is 2.37. The van der Waals surface area contributed by atoms with Crippen LogP contribution in [0, 0.1) is 0 Å². The van der Waals surface area contributed by atoms with E-state index in [0.717, 1.165) is 12.0 Å². The zero-order valence-electron chi connectivity index (χ0n) is 11.1. The lowest BCUT2D eigenvalue weighted by Gasteiger charge is -2.14. The Bertz CT molecular complexity index is 380. The third-order valence-corrected chi connectivity index (χ3v) is 2.57. The zero-order chi connectivity index (χ0) is 13.4. The summed E-state index contributed by atoms with van der Waals surface area (Å²) < 4.78 is 5.26. The van der Waals surface area contributed by atoms with Crippen LogP contribution in [-0.2, 0) is 11.2 Å². The second-order valence-corrected chi connectivity index (χ2v) is 4.27.